The van der Waals surface area contributed by atoms with Gasteiger partial charge in [0.15, 0.2) is 11.6 Å². The Morgan fingerprint density at radius 3 is 0.982 bits per heavy atom. The summed E-state index contributed by atoms with van der Waals surface area (Å²) >= 11 is 0. The third-order valence-electron chi connectivity index (χ3n) is 11.3. The minimum Gasteiger partial charge on any atom is -0.309 e. The molecule has 0 atom stereocenters. The van der Waals surface area contributed by atoms with Gasteiger partial charge in [-0.1, -0.05) is 146 Å². The van der Waals surface area contributed by atoms with E-state index in [1.165, 1.54) is 21.5 Å². The Kier molecular flexibility index (Phi) is 6.83. The van der Waals surface area contributed by atoms with Gasteiger partial charge in [0.25, 0.3) is 0 Å². The van der Waals surface area contributed by atoms with E-state index < -0.39 is 0 Å². The molecule has 0 saturated heterocycles. The fourth-order valence-electron chi connectivity index (χ4n) is 8.79. The second kappa shape index (κ2) is 12.3. The van der Waals surface area contributed by atoms with Crippen molar-refractivity contribution in [3.05, 3.63) is 194 Å². The van der Waals surface area contributed by atoms with Crippen molar-refractivity contribution in [3.8, 4) is 40.1 Å². The van der Waals surface area contributed by atoms with E-state index in [9.17, 15) is 0 Å². The van der Waals surface area contributed by atoms with Gasteiger partial charge in [0.1, 0.15) is 0 Å². The summed E-state index contributed by atoms with van der Waals surface area (Å²) in [6.45, 7) is 0. The summed E-state index contributed by atoms with van der Waals surface area (Å²) in [5.41, 5.74) is 10.6. The van der Waals surface area contributed by atoms with E-state index in [0.29, 0.717) is 17.6 Å². The van der Waals surface area contributed by atoms with Crippen LogP contribution in [0.3, 0.4) is 0 Å². The summed E-state index contributed by atoms with van der Waals surface area (Å²) in [7, 11) is 0. The standard InChI is InChI=1S/C51H32N6/c1-3-15-33(16-4-1)49-52-50(34-17-5-2-6-18-34)54-51(53-49)57-47-31-35(55-43-23-11-7-19-37(43)38-20-8-12-24-44(38)55)27-29-41(47)42-30-28-36(32-48(42)57)56-45-25-13-9-21-39(45)40-22-10-14-26-46(40)56/h1-32H. The smallest absolute Gasteiger partial charge is 0.238 e. The molecular weight excluding hydrogens is 697 g/mol. The van der Waals surface area contributed by atoms with Crippen molar-refractivity contribution in [1.29, 1.82) is 0 Å². The van der Waals surface area contributed by atoms with Crippen LogP contribution >= 0.6 is 0 Å². The number of nitrogens with zero attached hydrogens (tertiary/aromatic N) is 6. The van der Waals surface area contributed by atoms with Gasteiger partial charge in [0, 0.05) is 54.8 Å². The van der Waals surface area contributed by atoms with Crippen LogP contribution in [0.5, 0.6) is 0 Å². The summed E-state index contributed by atoms with van der Waals surface area (Å²) in [6.07, 6.45) is 0. The zero-order chi connectivity index (χ0) is 37.5. The molecule has 4 aromatic heterocycles. The van der Waals surface area contributed by atoms with Crippen LogP contribution in [0.25, 0.3) is 106 Å². The first-order chi connectivity index (χ1) is 28.3. The third-order valence-corrected chi connectivity index (χ3v) is 11.3. The molecule has 4 heterocycles. The minimum absolute atomic E-state index is 0.557. The van der Waals surface area contributed by atoms with E-state index in [1.54, 1.807) is 0 Å². The number of benzene rings is 8. The van der Waals surface area contributed by atoms with Crippen molar-refractivity contribution in [2.75, 3.05) is 0 Å². The average molecular weight is 729 g/mol. The SMILES string of the molecule is c1ccc(-c2nc(-c3ccccc3)nc(-n3c4cc(-n5c6ccccc6c6ccccc65)ccc4c4ccc(-n5c6ccccc6c6ccccc65)cc43)n2)cc1. The number of fused-ring (bicyclic) bond motifs is 9. The third kappa shape index (κ3) is 4.81. The van der Waals surface area contributed by atoms with Crippen LogP contribution in [0.15, 0.2) is 194 Å². The van der Waals surface area contributed by atoms with Gasteiger partial charge in [0.2, 0.25) is 5.95 Å². The monoisotopic (exact) mass is 728 g/mol. The predicted octanol–water partition coefficient (Wildman–Crippen LogP) is 12.5. The van der Waals surface area contributed by atoms with Gasteiger partial charge in [-0.3, -0.25) is 4.57 Å². The summed E-state index contributed by atoms with van der Waals surface area (Å²) in [4.78, 5) is 15.6. The first-order valence-corrected chi connectivity index (χ1v) is 19.2. The molecule has 0 spiro atoms. The molecule has 266 valence electrons. The first kappa shape index (κ1) is 31.5. The fraction of sp³-hybridized carbons (Fsp3) is 0. The Labute approximate surface area is 327 Å². The highest BCUT2D eigenvalue weighted by Gasteiger charge is 2.21. The topological polar surface area (TPSA) is 53.5 Å². The maximum atomic E-state index is 5.28. The quantitative estimate of drug-likeness (QED) is 0.177. The summed E-state index contributed by atoms with van der Waals surface area (Å²) in [6, 6.07) is 68.5. The maximum Gasteiger partial charge on any atom is 0.238 e. The van der Waals surface area contributed by atoms with Crippen LogP contribution in [-0.4, -0.2) is 28.7 Å². The lowest BCUT2D eigenvalue weighted by atomic mass is 10.1. The molecule has 0 aliphatic rings. The number of aromatic nitrogens is 6. The van der Waals surface area contributed by atoms with Crippen molar-refractivity contribution in [2.24, 2.45) is 0 Å². The van der Waals surface area contributed by atoms with Crippen molar-refractivity contribution >= 4 is 65.4 Å². The Hall–Kier alpha value is -7.83. The number of para-hydroxylation sites is 4. The zero-order valence-corrected chi connectivity index (χ0v) is 30.7. The summed E-state index contributed by atoms with van der Waals surface area (Å²) in [5.74, 6) is 1.79. The molecule has 12 aromatic rings. The summed E-state index contributed by atoms with van der Waals surface area (Å²) < 4.78 is 6.97. The fourth-order valence-corrected chi connectivity index (χ4v) is 8.79. The molecule has 0 unspecified atom stereocenters. The normalized spacial score (nSPS) is 11.9. The molecule has 6 heteroatoms. The van der Waals surface area contributed by atoms with E-state index in [1.807, 2.05) is 36.4 Å². The van der Waals surface area contributed by atoms with Crippen LogP contribution < -0.4 is 0 Å². The number of rotatable bonds is 5. The molecule has 0 amide bonds. The molecule has 0 radical (unpaired) electrons. The molecule has 8 aromatic carbocycles. The van der Waals surface area contributed by atoms with Crippen LogP contribution in [0, 0.1) is 0 Å². The lowest BCUT2D eigenvalue weighted by Gasteiger charge is -2.13. The van der Waals surface area contributed by atoms with Crippen LogP contribution in [0.1, 0.15) is 0 Å². The number of hydrogen-bond acceptors (Lipinski definition) is 3. The van der Waals surface area contributed by atoms with Crippen molar-refractivity contribution in [3.63, 3.8) is 0 Å². The minimum atomic E-state index is 0.557. The second-order valence-electron chi connectivity index (χ2n) is 14.5. The predicted molar refractivity (Wildman–Crippen MR) is 234 cm³/mol. The summed E-state index contributed by atoms with van der Waals surface area (Å²) in [5, 5.41) is 7.13. The molecule has 0 N–H and O–H groups in total. The highest BCUT2D eigenvalue weighted by Crippen LogP contribution is 2.39. The number of hydrogen-bond donors (Lipinski definition) is 0. The molecular formula is C51H32N6. The highest BCUT2D eigenvalue weighted by molar-refractivity contribution is 6.13. The van der Waals surface area contributed by atoms with Crippen LogP contribution in [0.4, 0.5) is 0 Å². The molecule has 57 heavy (non-hydrogen) atoms. The van der Waals surface area contributed by atoms with Crippen LogP contribution in [-0.2, 0) is 0 Å². The molecule has 6 nitrogen and oxygen atoms in total. The van der Waals surface area contributed by atoms with Gasteiger partial charge in [-0.2, -0.15) is 9.97 Å². The Morgan fingerprint density at radius 1 is 0.263 bits per heavy atom. The molecule has 0 aliphatic carbocycles. The molecule has 0 fully saturated rings. The molecule has 0 saturated carbocycles. The molecule has 0 bridgehead atoms. The van der Waals surface area contributed by atoms with Gasteiger partial charge >= 0.3 is 0 Å². The Balaban J connectivity index is 1.20. The average Bonchev–Trinajstić information content (AvgIpc) is 3.92. The van der Waals surface area contributed by atoms with E-state index in [-0.39, 0.29) is 0 Å². The van der Waals surface area contributed by atoms with Crippen molar-refractivity contribution in [1.82, 2.24) is 28.7 Å². The van der Waals surface area contributed by atoms with E-state index in [2.05, 4.69) is 171 Å². The first-order valence-electron chi connectivity index (χ1n) is 19.2. The Bertz CT molecular complexity index is 3180. The molecule has 12 rings (SSSR count). The van der Waals surface area contributed by atoms with Gasteiger partial charge in [0.05, 0.1) is 33.1 Å². The zero-order valence-electron chi connectivity index (χ0n) is 30.7. The molecule has 0 aliphatic heterocycles. The van der Waals surface area contributed by atoms with Gasteiger partial charge < -0.3 is 9.13 Å². The second-order valence-corrected chi connectivity index (χ2v) is 14.5. The lowest BCUT2D eigenvalue weighted by Crippen LogP contribution is -2.07. The van der Waals surface area contributed by atoms with Crippen molar-refractivity contribution in [2.45, 2.75) is 0 Å². The van der Waals surface area contributed by atoms with Gasteiger partial charge in [-0.15, -0.1) is 0 Å². The lowest BCUT2D eigenvalue weighted by molar-refractivity contribution is 0.952. The van der Waals surface area contributed by atoms with E-state index in [4.69, 9.17) is 15.0 Å². The Morgan fingerprint density at radius 2 is 0.596 bits per heavy atom. The van der Waals surface area contributed by atoms with Crippen LogP contribution in [0.2, 0.25) is 0 Å². The maximum absolute atomic E-state index is 5.28. The van der Waals surface area contributed by atoms with E-state index >= 15 is 0 Å². The van der Waals surface area contributed by atoms with Gasteiger partial charge in [-0.25, -0.2) is 4.98 Å². The van der Waals surface area contributed by atoms with Crippen molar-refractivity contribution < 1.29 is 0 Å². The highest BCUT2D eigenvalue weighted by atomic mass is 15.2. The van der Waals surface area contributed by atoms with E-state index in [0.717, 1.165) is 66.4 Å². The van der Waals surface area contributed by atoms with Gasteiger partial charge in [-0.05, 0) is 48.5 Å². The largest absolute Gasteiger partial charge is 0.309 e.